The van der Waals surface area contributed by atoms with Gasteiger partial charge >= 0.3 is 11.8 Å². The standard InChI is InChI=1S/C30H44N6O5/c1-30(2,3)41-29(40)35-17-13-21(14-18-35)32(4)19-20-11-15-34(16-12-20)22-7-6-8-23-26(22)33(5)28(39)36(23)24-9-10-25(37)31-27(24)38/h6-8,20-21,24H,9-19H2,1-5H3,(H,31,37,38). The minimum Gasteiger partial charge on any atom is -0.444 e. The van der Waals surface area contributed by atoms with Crippen molar-refractivity contribution in [2.45, 2.75) is 77.0 Å². The fourth-order valence-corrected chi connectivity index (χ4v) is 6.63. The molecule has 2 aromatic rings. The molecule has 0 saturated carbocycles. The fourth-order valence-electron chi connectivity index (χ4n) is 6.63. The number of imide groups is 1. The summed E-state index contributed by atoms with van der Waals surface area (Å²) < 4.78 is 8.73. The van der Waals surface area contributed by atoms with Gasteiger partial charge in [0.1, 0.15) is 11.6 Å². The zero-order valence-electron chi connectivity index (χ0n) is 25.0. The number of rotatable bonds is 5. The average Bonchev–Trinajstić information content (AvgIpc) is 3.18. The summed E-state index contributed by atoms with van der Waals surface area (Å²) in [6, 6.07) is 5.67. The molecular weight excluding hydrogens is 524 g/mol. The van der Waals surface area contributed by atoms with Crippen molar-refractivity contribution in [2.75, 3.05) is 44.7 Å². The van der Waals surface area contributed by atoms with Crippen LogP contribution in [0.5, 0.6) is 0 Å². The molecule has 1 N–H and O–H groups in total. The van der Waals surface area contributed by atoms with Crippen molar-refractivity contribution in [3.63, 3.8) is 0 Å². The van der Waals surface area contributed by atoms with E-state index in [4.69, 9.17) is 4.74 Å². The van der Waals surface area contributed by atoms with Crippen LogP contribution >= 0.6 is 0 Å². The predicted octanol–water partition coefficient (Wildman–Crippen LogP) is 2.87. The largest absolute Gasteiger partial charge is 0.444 e. The third kappa shape index (κ3) is 6.14. The molecule has 3 saturated heterocycles. The van der Waals surface area contributed by atoms with Gasteiger partial charge in [-0.25, -0.2) is 9.59 Å². The number of anilines is 1. The highest BCUT2D eigenvalue weighted by atomic mass is 16.6. The van der Waals surface area contributed by atoms with E-state index >= 15 is 0 Å². The number of carbonyl (C=O) groups excluding carboxylic acids is 3. The van der Waals surface area contributed by atoms with Crippen LogP contribution in [0.25, 0.3) is 11.0 Å². The molecular formula is C30H44N6O5. The van der Waals surface area contributed by atoms with Crippen LogP contribution in [0.2, 0.25) is 0 Å². The number of aryl methyl sites for hydroxylation is 1. The Labute approximate surface area is 241 Å². The molecule has 1 unspecified atom stereocenters. The Kier molecular flexibility index (Phi) is 8.18. The molecule has 0 aliphatic carbocycles. The summed E-state index contributed by atoms with van der Waals surface area (Å²) >= 11 is 0. The first-order chi connectivity index (χ1) is 19.4. The predicted molar refractivity (Wildman–Crippen MR) is 157 cm³/mol. The van der Waals surface area contributed by atoms with Gasteiger partial charge in [0.2, 0.25) is 11.8 Å². The third-order valence-electron chi connectivity index (χ3n) is 8.84. The normalized spacial score (nSPS) is 21.6. The van der Waals surface area contributed by atoms with Gasteiger partial charge in [0.05, 0.1) is 16.7 Å². The number of benzene rings is 1. The van der Waals surface area contributed by atoms with Crippen LogP contribution in [0.1, 0.15) is 65.3 Å². The van der Waals surface area contributed by atoms with Crippen molar-refractivity contribution < 1.29 is 19.1 Å². The second kappa shape index (κ2) is 11.5. The number of ether oxygens (including phenoxy) is 1. The fraction of sp³-hybridized carbons (Fsp3) is 0.667. The van der Waals surface area contributed by atoms with Crippen molar-refractivity contribution in [1.29, 1.82) is 0 Å². The summed E-state index contributed by atoms with van der Waals surface area (Å²) in [5, 5.41) is 2.38. The SMILES string of the molecule is CN(CC1CCN(c2cccc3c2n(C)c(=O)n3C2CCC(=O)NC2=O)CC1)C1CCN(C(=O)OC(C)(C)C)CC1. The first-order valence-electron chi connectivity index (χ1n) is 14.9. The number of hydrogen-bond acceptors (Lipinski definition) is 7. The molecule has 0 radical (unpaired) electrons. The summed E-state index contributed by atoms with van der Waals surface area (Å²) in [5.74, 6) is -0.127. The van der Waals surface area contributed by atoms with E-state index in [-0.39, 0.29) is 24.1 Å². The highest BCUT2D eigenvalue weighted by molar-refractivity contribution is 6.00. The van der Waals surface area contributed by atoms with E-state index in [0.29, 0.717) is 18.4 Å². The molecule has 41 heavy (non-hydrogen) atoms. The summed E-state index contributed by atoms with van der Waals surface area (Å²) in [7, 11) is 3.96. The molecule has 4 heterocycles. The van der Waals surface area contributed by atoms with E-state index in [1.165, 1.54) is 0 Å². The number of imidazole rings is 1. The highest BCUT2D eigenvalue weighted by Crippen LogP contribution is 2.32. The number of aromatic nitrogens is 2. The molecule has 11 heteroatoms. The van der Waals surface area contributed by atoms with Crippen LogP contribution < -0.4 is 15.9 Å². The lowest BCUT2D eigenvalue weighted by atomic mass is 9.94. The Morgan fingerprint density at radius 3 is 2.34 bits per heavy atom. The van der Waals surface area contributed by atoms with E-state index in [1.54, 1.807) is 16.2 Å². The van der Waals surface area contributed by atoms with Crippen molar-refractivity contribution in [2.24, 2.45) is 13.0 Å². The first-order valence-corrected chi connectivity index (χ1v) is 14.9. The monoisotopic (exact) mass is 568 g/mol. The van der Waals surface area contributed by atoms with E-state index in [2.05, 4.69) is 28.2 Å². The Bertz CT molecular complexity index is 1360. The number of hydrogen-bond donors (Lipinski definition) is 1. The lowest BCUT2D eigenvalue weighted by molar-refractivity contribution is -0.135. The van der Waals surface area contributed by atoms with Gasteiger partial charge in [0.25, 0.3) is 0 Å². The van der Waals surface area contributed by atoms with Crippen molar-refractivity contribution in [3.05, 3.63) is 28.7 Å². The maximum absolute atomic E-state index is 13.3. The maximum atomic E-state index is 13.3. The second-order valence-corrected chi connectivity index (χ2v) is 12.9. The summed E-state index contributed by atoms with van der Waals surface area (Å²) in [6.45, 7) is 9.97. The first kappa shape index (κ1) is 29.2. The van der Waals surface area contributed by atoms with Crippen molar-refractivity contribution in [3.8, 4) is 0 Å². The third-order valence-corrected chi connectivity index (χ3v) is 8.84. The van der Waals surface area contributed by atoms with Crippen LogP contribution in [0.4, 0.5) is 10.5 Å². The summed E-state index contributed by atoms with van der Waals surface area (Å²) in [4.78, 5) is 56.6. The average molecular weight is 569 g/mol. The Morgan fingerprint density at radius 1 is 1.02 bits per heavy atom. The highest BCUT2D eigenvalue weighted by Gasteiger charge is 2.33. The quantitative estimate of drug-likeness (QED) is 0.553. The van der Waals surface area contributed by atoms with Gasteiger partial charge in [0, 0.05) is 52.2 Å². The lowest BCUT2D eigenvalue weighted by Crippen LogP contribution is -2.48. The van der Waals surface area contributed by atoms with Gasteiger partial charge in [0.15, 0.2) is 0 Å². The smallest absolute Gasteiger partial charge is 0.410 e. The van der Waals surface area contributed by atoms with Crippen LogP contribution in [-0.4, -0.2) is 88.3 Å². The van der Waals surface area contributed by atoms with E-state index < -0.39 is 17.6 Å². The molecule has 0 bridgehead atoms. The molecule has 3 aliphatic heterocycles. The molecule has 3 fully saturated rings. The number of nitrogens with one attached hydrogen (secondary N) is 1. The molecule has 1 aromatic heterocycles. The summed E-state index contributed by atoms with van der Waals surface area (Å²) in [5.41, 5.74) is 1.85. The number of likely N-dealkylation sites (tertiary alicyclic amines) is 1. The maximum Gasteiger partial charge on any atom is 0.410 e. The van der Waals surface area contributed by atoms with Gasteiger partial charge in [-0.05, 0) is 78.0 Å². The Hall–Kier alpha value is -3.34. The van der Waals surface area contributed by atoms with Crippen molar-refractivity contribution >= 4 is 34.6 Å². The van der Waals surface area contributed by atoms with E-state index in [0.717, 1.165) is 75.1 Å². The number of carbonyl (C=O) groups is 3. The van der Waals surface area contributed by atoms with Crippen LogP contribution in [0, 0.1) is 5.92 Å². The second-order valence-electron chi connectivity index (χ2n) is 12.9. The van der Waals surface area contributed by atoms with Gasteiger partial charge in [-0.2, -0.15) is 0 Å². The van der Waals surface area contributed by atoms with E-state index in [9.17, 15) is 19.2 Å². The molecule has 3 aliphatic rings. The van der Waals surface area contributed by atoms with Crippen LogP contribution in [-0.2, 0) is 21.4 Å². The van der Waals surface area contributed by atoms with Crippen molar-refractivity contribution in [1.82, 2.24) is 24.3 Å². The Morgan fingerprint density at radius 2 is 1.71 bits per heavy atom. The number of fused-ring (bicyclic) bond motifs is 1. The molecule has 0 spiro atoms. The van der Waals surface area contributed by atoms with E-state index in [1.807, 2.05) is 37.8 Å². The molecule has 224 valence electrons. The van der Waals surface area contributed by atoms with Crippen LogP contribution in [0.15, 0.2) is 23.0 Å². The zero-order chi connectivity index (χ0) is 29.5. The Balaban J connectivity index is 1.20. The van der Waals surface area contributed by atoms with Gasteiger partial charge in [-0.3, -0.25) is 24.0 Å². The van der Waals surface area contributed by atoms with Gasteiger partial charge < -0.3 is 19.4 Å². The minimum atomic E-state index is -0.684. The number of piperidine rings is 3. The molecule has 3 amide bonds. The zero-order valence-corrected chi connectivity index (χ0v) is 25.0. The van der Waals surface area contributed by atoms with Gasteiger partial charge in [-0.1, -0.05) is 6.07 Å². The van der Waals surface area contributed by atoms with Gasteiger partial charge in [-0.15, -0.1) is 0 Å². The topological polar surface area (TPSA) is 109 Å². The number of para-hydroxylation sites is 1. The minimum absolute atomic E-state index is 0.217. The number of amides is 3. The van der Waals surface area contributed by atoms with Crippen LogP contribution in [0.3, 0.4) is 0 Å². The molecule has 1 aromatic carbocycles. The number of nitrogens with zero attached hydrogens (tertiary/aromatic N) is 5. The molecule has 5 rings (SSSR count). The molecule has 11 nitrogen and oxygen atoms in total. The lowest BCUT2D eigenvalue weighted by Gasteiger charge is -2.40. The molecule has 1 atom stereocenters. The summed E-state index contributed by atoms with van der Waals surface area (Å²) in [6.07, 6.45) is 4.35.